The van der Waals surface area contributed by atoms with Gasteiger partial charge in [0.15, 0.2) is 0 Å². The maximum absolute atomic E-state index is 12.1. The molecule has 1 aliphatic carbocycles. The summed E-state index contributed by atoms with van der Waals surface area (Å²) in [5.74, 6) is 0. The van der Waals surface area contributed by atoms with Crippen molar-refractivity contribution in [2.45, 2.75) is 77.0 Å². The second-order valence-electron chi connectivity index (χ2n) is 6.86. The van der Waals surface area contributed by atoms with Gasteiger partial charge in [0.1, 0.15) is 5.60 Å². The molecular formula is C15H28N2O2. The average Bonchev–Trinajstić information content (AvgIpc) is 2.95. The van der Waals surface area contributed by atoms with Crippen LogP contribution >= 0.6 is 0 Å². The lowest BCUT2D eigenvalue weighted by Gasteiger charge is -2.29. The van der Waals surface area contributed by atoms with Gasteiger partial charge in [-0.25, -0.2) is 4.79 Å². The summed E-state index contributed by atoms with van der Waals surface area (Å²) < 4.78 is 5.48. The molecule has 110 valence electrons. The Hall–Kier alpha value is -0.770. The van der Waals surface area contributed by atoms with E-state index in [1.165, 1.54) is 25.7 Å². The maximum atomic E-state index is 12.1. The van der Waals surface area contributed by atoms with Crippen molar-refractivity contribution in [3.8, 4) is 0 Å². The summed E-state index contributed by atoms with van der Waals surface area (Å²) in [6.07, 6.45) is 7.31. The van der Waals surface area contributed by atoms with Gasteiger partial charge in [0, 0.05) is 25.2 Å². The molecule has 0 bridgehead atoms. The Labute approximate surface area is 116 Å². The van der Waals surface area contributed by atoms with Crippen LogP contribution in [0.2, 0.25) is 0 Å². The number of carbonyl (C=O) groups excluding carboxylic acids is 1. The van der Waals surface area contributed by atoms with E-state index in [0.717, 1.165) is 25.9 Å². The normalized spacial score (nSPS) is 25.0. The summed E-state index contributed by atoms with van der Waals surface area (Å²) in [5.41, 5.74) is -0.400. The summed E-state index contributed by atoms with van der Waals surface area (Å²) in [5, 5.41) is 3.62. The van der Waals surface area contributed by atoms with Crippen LogP contribution in [0.3, 0.4) is 0 Å². The highest BCUT2D eigenvalue weighted by Gasteiger charge is 2.32. The van der Waals surface area contributed by atoms with Gasteiger partial charge >= 0.3 is 6.09 Å². The van der Waals surface area contributed by atoms with Crippen molar-refractivity contribution in [1.29, 1.82) is 0 Å². The minimum atomic E-state index is -0.400. The number of hydrogen-bond donors (Lipinski definition) is 1. The fourth-order valence-electron chi connectivity index (χ4n) is 3.04. The van der Waals surface area contributed by atoms with Crippen LogP contribution in [-0.4, -0.2) is 41.8 Å². The SMILES string of the molecule is CC(C)(C)OC(=O)N1CCCC1CNC1CCCC1. The van der Waals surface area contributed by atoms with E-state index in [1.807, 2.05) is 25.7 Å². The van der Waals surface area contributed by atoms with E-state index in [2.05, 4.69) is 5.32 Å². The van der Waals surface area contributed by atoms with E-state index in [9.17, 15) is 4.79 Å². The van der Waals surface area contributed by atoms with Crippen molar-refractivity contribution >= 4 is 6.09 Å². The zero-order valence-corrected chi connectivity index (χ0v) is 12.6. The van der Waals surface area contributed by atoms with Gasteiger partial charge in [-0.15, -0.1) is 0 Å². The zero-order chi connectivity index (χ0) is 13.9. The predicted octanol–water partition coefficient (Wildman–Crippen LogP) is 2.92. The molecular weight excluding hydrogens is 240 g/mol. The summed E-state index contributed by atoms with van der Waals surface area (Å²) in [7, 11) is 0. The Kier molecular flexibility index (Phi) is 4.71. The molecule has 0 spiro atoms. The molecule has 1 amide bonds. The number of rotatable bonds is 3. The molecule has 2 rings (SSSR count). The maximum Gasteiger partial charge on any atom is 0.410 e. The van der Waals surface area contributed by atoms with Gasteiger partial charge in [0.2, 0.25) is 0 Å². The first-order valence-electron chi connectivity index (χ1n) is 7.69. The van der Waals surface area contributed by atoms with E-state index in [4.69, 9.17) is 4.74 Å². The molecule has 1 atom stereocenters. The van der Waals surface area contributed by atoms with Crippen molar-refractivity contribution in [2.24, 2.45) is 0 Å². The summed E-state index contributed by atoms with van der Waals surface area (Å²) in [4.78, 5) is 14.1. The molecule has 4 nitrogen and oxygen atoms in total. The van der Waals surface area contributed by atoms with Gasteiger partial charge in [-0.1, -0.05) is 12.8 Å². The fourth-order valence-corrected chi connectivity index (χ4v) is 3.04. The minimum absolute atomic E-state index is 0.150. The third-order valence-corrected chi connectivity index (χ3v) is 4.00. The van der Waals surface area contributed by atoms with E-state index >= 15 is 0 Å². The molecule has 0 aromatic heterocycles. The summed E-state index contributed by atoms with van der Waals surface area (Å²) in [6.45, 7) is 7.53. The van der Waals surface area contributed by atoms with Crippen LogP contribution in [0, 0.1) is 0 Å². The van der Waals surface area contributed by atoms with Gasteiger partial charge < -0.3 is 15.0 Å². The van der Waals surface area contributed by atoms with E-state index in [0.29, 0.717) is 12.1 Å². The Balaban J connectivity index is 1.80. The second kappa shape index (κ2) is 6.12. The first-order chi connectivity index (χ1) is 8.96. The van der Waals surface area contributed by atoms with Gasteiger partial charge in [0.05, 0.1) is 0 Å². The second-order valence-corrected chi connectivity index (χ2v) is 6.86. The molecule has 4 heteroatoms. The average molecular weight is 268 g/mol. The molecule has 1 N–H and O–H groups in total. The van der Waals surface area contributed by atoms with Crippen LogP contribution in [0.4, 0.5) is 4.79 Å². The molecule has 1 unspecified atom stereocenters. The van der Waals surface area contributed by atoms with Crippen LogP contribution < -0.4 is 5.32 Å². The molecule has 0 aromatic rings. The molecule has 0 aromatic carbocycles. The number of amides is 1. The van der Waals surface area contributed by atoms with Crippen LogP contribution in [-0.2, 0) is 4.74 Å². The number of carbonyl (C=O) groups is 1. The Morgan fingerprint density at radius 2 is 1.89 bits per heavy atom. The number of likely N-dealkylation sites (tertiary alicyclic amines) is 1. The molecule has 2 fully saturated rings. The molecule has 1 aliphatic heterocycles. The van der Waals surface area contributed by atoms with Crippen molar-refractivity contribution in [2.75, 3.05) is 13.1 Å². The fraction of sp³-hybridized carbons (Fsp3) is 0.933. The van der Waals surface area contributed by atoms with E-state index < -0.39 is 5.60 Å². The molecule has 1 saturated carbocycles. The first-order valence-corrected chi connectivity index (χ1v) is 7.69. The van der Waals surface area contributed by atoms with Crippen LogP contribution in [0.5, 0.6) is 0 Å². The van der Waals surface area contributed by atoms with Crippen molar-refractivity contribution < 1.29 is 9.53 Å². The molecule has 19 heavy (non-hydrogen) atoms. The summed E-state index contributed by atoms with van der Waals surface area (Å²) >= 11 is 0. The lowest BCUT2D eigenvalue weighted by Crippen LogP contribution is -2.45. The quantitative estimate of drug-likeness (QED) is 0.855. The third kappa shape index (κ3) is 4.37. The highest BCUT2D eigenvalue weighted by atomic mass is 16.6. The predicted molar refractivity (Wildman–Crippen MR) is 76.2 cm³/mol. The van der Waals surface area contributed by atoms with Crippen LogP contribution in [0.15, 0.2) is 0 Å². The topological polar surface area (TPSA) is 41.6 Å². The number of hydrogen-bond acceptors (Lipinski definition) is 3. The van der Waals surface area contributed by atoms with Gasteiger partial charge in [-0.3, -0.25) is 0 Å². The van der Waals surface area contributed by atoms with Gasteiger partial charge in [0.25, 0.3) is 0 Å². The van der Waals surface area contributed by atoms with Crippen molar-refractivity contribution in [3.05, 3.63) is 0 Å². The monoisotopic (exact) mass is 268 g/mol. The molecule has 1 saturated heterocycles. The molecule has 2 aliphatic rings. The van der Waals surface area contributed by atoms with Crippen molar-refractivity contribution in [1.82, 2.24) is 10.2 Å². The van der Waals surface area contributed by atoms with E-state index in [1.54, 1.807) is 0 Å². The largest absolute Gasteiger partial charge is 0.444 e. The van der Waals surface area contributed by atoms with Gasteiger partial charge in [-0.05, 0) is 46.5 Å². The van der Waals surface area contributed by atoms with Crippen LogP contribution in [0.25, 0.3) is 0 Å². The number of nitrogens with one attached hydrogen (secondary N) is 1. The van der Waals surface area contributed by atoms with Crippen LogP contribution in [0.1, 0.15) is 59.3 Å². The Morgan fingerprint density at radius 1 is 1.21 bits per heavy atom. The molecule has 1 heterocycles. The smallest absolute Gasteiger partial charge is 0.410 e. The van der Waals surface area contributed by atoms with Crippen molar-refractivity contribution in [3.63, 3.8) is 0 Å². The third-order valence-electron chi connectivity index (χ3n) is 4.00. The minimum Gasteiger partial charge on any atom is -0.444 e. The van der Waals surface area contributed by atoms with E-state index in [-0.39, 0.29) is 6.09 Å². The zero-order valence-electron chi connectivity index (χ0n) is 12.6. The number of nitrogens with zero attached hydrogens (tertiary/aromatic N) is 1. The highest BCUT2D eigenvalue weighted by molar-refractivity contribution is 5.69. The number of ether oxygens (including phenoxy) is 1. The lowest BCUT2D eigenvalue weighted by molar-refractivity contribution is 0.0225. The Morgan fingerprint density at radius 3 is 2.53 bits per heavy atom. The highest BCUT2D eigenvalue weighted by Crippen LogP contribution is 2.22. The first kappa shape index (κ1) is 14.6. The standard InChI is InChI=1S/C15H28N2O2/c1-15(2,3)19-14(18)17-10-6-9-13(17)11-16-12-7-4-5-8-12/h12-13,16H,4-11H2,1-3H3. The Bertz CT molecular complexity index is 306. The lowest BCUT2D eigenvalue weighted by atomic mass is 10.2. The van der Waals surface area contributed by atoms with Gasteiger partial charge in [-0.2, -0.15) is 0 Å². The molecule has 0 radical (unpaired) electrons. The summed E-state index contributed by atoms with van der Waals surface area (Å²) in [6, 6.07) is 0.983.